The number of nitrogen functional groups attached to an aromatic ring is 1. The van der Waals surface area contributed by atoms with E-state index in [4.69, 9.17) is 5.73 Å². The molecule has 0 radical (unpaired) electrons. The lowest BCUT2D eigenvalue weighted by Gasteiger charge is -2.11. The Hall–Kier alpha value is -1.77. The molecule has 1 heterocycles. The first-order chi connectivity index (χ1) is 8.33. The number of aryl methyl sites for hydroxylation is 1. The van der Waals surface area contributed by atoms with Crippen molar-refractivity contribution in [2.45, 2.75) is 32.1 Å². The summed E-state index contributed by atoms with van der Waals surface area (Å²) in [5.41, 5.74) is 11.8. The number of nitrogens with two attached hydrogens (primary N) is 1. The maximum Gasteiger partial charge on any atom is 0.0700 e. The van der Waals surface area contributed by atoms with Crippen molar-refractivity contribution in [3.8, 4) is 0 Å². The van der Waals surface area contributed by atoms with Crippen molar-refractivity contribution in [3.63, 3.8) is 0 Å². The molecule has 3 nitrogen and oxygen atoms in total. The zero-order valence-electron chi connectivity index (χ0n) is 9.87. The molecular formula is C14H17N3. The van der Waals surface area contributed by atoms with Gasteiger partial charge in [-0.1, -0.05) is 12.1 Å². The molecule has 0 bridgehead atoms. The molecule has 0 aliphatic heterocycles. The van der Waals surface area contributed by atoms with Crippen LogP contribution in [0.4, 0.5) is 5.69 Å². The number of hydrogen-bond donors (Lipinski definition) is 2. The van der Waals surface area contributed by atoms with E-state index in [1.54, 1.807) is 0 Å². The van der Waals surface area contributed by atoms with Gasteiger partial charge in [-0.15, -0.1) is 0 Å². The number of hydrogen-bond acceptors (Lipinski definition) is 2. The van der Waals surface area contributed by atoms with Gasteiger partial charge in [0.1, 0.15) is 0 Å². The molecule has 0 atom stereocenters. The zero-order chi connectivity index (χ0) is 11.7. The average Bonchev–Trinajstić information content (AvgIpc) is 2.76. The van der Waals surface area contributed by atoms with Crippen LogP contribution in [0.25, 0.3) is 0 Å². The number of nitrogens with zero attached hydrogens (tertiary/aromatic N) is 1. The maximum atomic E-state index is 5.69. The summed E-state index contributed by atoms with van der Waals surface area (Å²) in [7, 11) is 0. The van der Waals surface area contributed by atoms with E-state index in [0.29, 0.717) is 0 Å². The fourth-order valence-corrected chi connectivity index (χ4v) is 2.52. The van der Waals surface area contributed by atoms with E-state index in [9.17, 15) is 0 Å². The second-order valence-corrected chi connectivity index (χ2v) is 4.75. The highest BCUT2D eigenvalue weighted by Gasteiger charge is 2.16. The Kier molecular flexibility index (Phi) is 2.59. The van der Waals surface area contributed by atoms with E-state index in [1.807, 2.05) is 12.1 Å². The summed E-state index contributed by atoms with van der Waals surface area (Å²) >= 11 is 0. The minimum Gasteiger partial charge on any atom is -0.399 e. The van der Waals surface area contributed by atoms with Gasteiger partial charge in [0.2, 0.25) is 0 Å². The second-order valence-electron chi connectivity index (χ2n) is 4.75. The van der Waals surface area contributed by atoms with Crippen molar-refractivity contribution >= 4 is 5.69 Å². The molecule has 2 aromatic rings. The molecule has 0 fully saturated rings. The fourth-order valence-electron chi connectivity index (χ4n) is 2.52. The second kappa shape index (κ2) is 4.24. The van der Waals surface area contributed by atoms with Crippen molar-refractivity contribution in [1.82, 2.24) is 10.2 Å². The molecule has 3 heteroatoms. The smallest absolute Gasteiger partial charge is 0.0700 e. The number of H-pyrrole nitrogens is 1. The van der Waals surface area contributed by atoms with Crippen LogP contribution in [0.3, 0.4) is 0 Å². The van der Waals surface area contributed by atoms with E-state index in [-0.39, 0.29) is 0 Å². The van der Waals surface area contributed by atoms with Crippen molar-refractivity contribution in [2.75, 3.05) is 5.73 Å². The Morgan fingerprint density at radius 1 is 1.12 bits per heavy atom. The van der Waals surface area contributed by atoms with Crippen molar-refractivity contribution in [1.29, 1.82) is 0 Å². The normalized spacial score (nSPS) is 14.6. The van der Waals surface area contributed by atoms with E-state index in [2.05, 4.69) is 22.3 Å². The van der Waals surface area contributed by atoms with Crippen molar-refractivity contribution in [2.24, 2.45) is 0 Å². The van der Waals surface area contributed by atoms with Crippen LogP contribution in [0.5, 0.6) is 0 Å². The quantitative estimate of drug-likeness (QED) is 0.774. The molecule has 0 spiro atoms. The van der Waals surface area contributed by atoms with Crippen LogP contribution in [0, 0.1) is 0 Å². The first-order valence-corrected chi connectivity index (χ1v) is 6.22. The van der Waals surface area contributed by atoms with Crippen LogP contribution < -0.4 is 5.73 Å². The van der Waals surface area contributed by atoms with Gasteiger partial charge in [-0.3, -0.25) is 5.10 Å². The molecule has 88 valence electrons. The number of aromatic nitrogens is 2. The summed E-state index contributed by atoms with van der Waals surface area (Å²) < 4.78 is 0. The van der Waals surface area contributed by atoms with Crippen LogP contribution in [-0.2, 0) is 19.3 Å². The molecule has 1 aromatic heterocycles. The predicted octanol–water partition coefficient (Wildman–Crippen LogP) is 2.46. The first-order valence-electron chi connectivity index (χ1n) is 6.22. The minimum atomic E-state index is 0.817. The number of fused-ring (bicyclic) bond motifs is 1. The van der Waals surface area contributed by atoms with Gasteiger partial charge in [0.15, 0.2) is 0 Å². The third-order valence-electron chi connectivity index (χ3n) is 3.49. The highest BCUT2D eigenvalue weighted by molar-refractivity contribution is 5.41. The lowest BCUT2D eigenvalue weighted by atomic mass is 9.94. The molecule has 3 rings (SSSR count). The van der Waals surface area contributed by atoms with Gasteiger partial charge >= 0.3 is 0 Å². The molecular weight excluding hydrogens is 210 g/mol. The summed E-state index contributed by atoms with van der Waals surface area (Å²) in [6.45, 7) is 0. The van der Waals surface area contributed by atoms with Gasteiger partial charge in [0.05, 0.1) is 5.69 Å². The van der Waals surface area contributed by atoms with Crippen LogP contribution in [-0.4, -0.2) is 10.2 Å². The van der Waals surface area contributed by atoms with E-state index in [0.717, 1.165) is 18.5 Å². The van der Waals surface area contributed by atoms with Crippen LogP contribution in [0.2, 0.25) is 0 Å². The van der Waals surface area contributed by atoms with E-state index in [1.165, 1.54) is 41.8 Å². The molecule has 0 unspecified atom stereocenters. The van der Waals surface area contributed by atoms with Gasteiger partial charge in [-0.05, 0) is 48.9 Å². The van der Waals surface area contributed by atoms with Gasteiger partial charge in [-0.25, -0.2) is 0 Å². The lowest BCUT2D eigenvalue weighted by Crippen LogP contribution is -2.03. The van der Waals surface area contributed by atoms with Gasteiger partial charge in [-0.2, -0.15) is 5.10 Å². The lowest BCUT2D eigenvalue weighted by molar-refractivity contribution is 0.673. The summed E-state index contributed by atoms with van der Waals surface area (Å²) in [4.78, 5) is 0. The Morgan fingerprint density at radius 3 is 2.71 bits per heavy atom. The highest BCUT2D eigenvalue weighted by Crippen LogP contribution is 2.24. The highest BCUT2D eigenvalue weighted by atomic mass is 15.1. The number of aromatic amines is 1. The molecule has 0 saturated carbocycles. The third-order valence-corrected chi connectivity index (χ3v) is 3.49. The van der Waals surface area contributed by atoms with Gasteiger partial charge in [0, 0.05) is 17.8 Å². The Labute approximate surface area is 101 Å². The van der Waals surface area contributed by atoms with Crippen LogP contribution >= 0.6 is 0 Å². The average molecular weight is 227 g/mol. The summed E-state index contributed by atoms with van der Waals surface area (Å²) in [6, 6.07) is 8.07. The molecule has 3 N–H and O–H groups in total. The SMILES string of the molecule is Nc1ccc(Cc2n[nH]c3c2CCCC3)cc1. The van der Waals surface area contributed by atoms with Crippen LogP contribution in [0.15, 0.2) is 24.3 Å². The number of benzene rings is 1. The molecule has 0 amide bonds. The van der Waals surface area contributed by atoms with Crippen LogP contribution in [0.1, 0.15) is 35.4 Å². The number of anilines is 1. The molecule has 1 aromatic carbocycles. The molecule has 17 heavy (non-hydrogen) atoms. The van der Waals surface area contributed by atoms with E-state index < -0.39 is 0 Å². The number of nitrogens with one attached hydrogen (secondary N) is 1. The summed E-state index contributed by atoms with van der Waals surface area (Å²) in [5.74, 6) is 0. The van der Waals surface area contributed by atoms with Gasteiger partial charge < -0.3 is 5.73 Å². The molecule has 1 aliphatic rings. The Bertz CT molecular complexity index is 511. The third kappa shape index (κ3) is 2.05. The number of rotatable bonds is 2. The molecule has 0 saturated heterocycles. The fraction of sp³-hybridized carbons (Fsp3) is 0.357. The maximum absolute atomic E-state index is 5.69. The van der Waals surface area contributed by atoms with Crippen molar-refractivity contribution in [3.05, 3.63) is 46.8 Å². The first kappa shape index (κ1) is 10.4. The monoisotopic (exact) mass is 227 g/mol. The standard InChI is InChI=1S/C14H17N3/c15-11-7-5-10(6-8-11)9-14-12-3-1-2-4-13(12)16-17-14/h5-8H,1-4,9,15H2,(H,16,17). The minimum absolute atomic E-state index is 0.817. The Morgan fingerprint density at radius 2 is 1.88 bits per heavy atom. The topological polar surface area (TPSA) is 54.7 Å². The zero-order valence-corrected chi connectivity index (χ0v) is 9.87. The molecule has 1 aliphatic carbocycles. The Balaban J connectivity index is 1.85. The van der Waals surface area contributed by atoms with E-state index >= 15 is 0 Å². The predicted molar refractivity (Wildman–Crippen MR) is 68.9 cm³/mol. The summed E-state index contributed by atoms with van der Waals surface area (Å²) in [5, 5.41) is 7.64. The summed E-state index contributed by atoms with van der Waals surface area (Å²) in [6.07, 6.45) is 5.82. The van der Waals surface area contributed by atoms with Gasteiger partial charge in [0.25, 0.3) is 0 Å². The largest absolute Gasteiger partial charge is 0.399 e. The van der Waals surface area contributed by atoms with Crippen molar-refractivity contribution < 1.29 is 0 Å².